The smallest absolute Gasteiger partial charge is 0.213 e. The van der Waals surface area contributed by atoms with Crippen molar-refractivity contribution in [3.63, 3.8) is 0 Å². The summed E-state index contributed by atoms with van der Waals surface area (Å²) in [6.45, 7) is 2.00. The summed E-state index contributed by atoms with van der Waals surface area (Å²) in [6.07, 6.45) is 0. The van der Waals surface area contributed by atoms with E-state index in [1.54, 1.807) is 4.90 Å². The van der Waals surface area contributed by atoms with Crippen molar-refractivity contribution < 1.29 is 0 Å². The topological polar surface area (TPSA) is 67.6 Å². The lowest BCUT2D eigenvalue weighted by Gasteiger charge is -2.25. The Labute approximate surface area is 94.5 Å². The van der Waals surface area contributed by atoms with Crippen molar-refractivity contribution in [3.05, 3.63) is 34.9 Å². The fourth-order valence-corrected chi connectivity index (χ4v) is 1.48. The van der Waals surface area contributed by atoms with Gasteiger partial charge >= 0.3 is 0 Å². The number of nitrogens with zero attached hydrogens (tertiary/aromatic N) is 2. The van der Waals surface area contributed by atoms with E-state index in [2.05, 4.69) is 5.10 Å². The van der Waals surface area contributed by atoms with Gasteiger partial charge in [-0.2, -0.15) is 0 Å². The number of hydrogen-bond donors (Lipinski definition) is 2. The van der Waals surface area contributed by atoms with Crippen LogP contribution in [-0.2, 0) is 0 Å². The minimum absolute atomic E-state index is 0.0796. The van der Waals surface area contributed by atoms with E-state index < -0.39 is 0 Å². The number of guanidine groups is 1. The van der Waals surface area contributed by atoms with Crippen LogP contribution in [0, 0.1) is 0 Å². The second kappa shape index (κ2) is 4.89. The lowest BCUT2D eigenvalue weighted by atomic mass is 10.1. The first kappa shape index (κ1) is 11.7. The Balaban J connectivity index is 2.89. The van der Waals surface area contributed by atoms with E-state index in [9.17, 15) is 0 Å². The van der Waals surface area contributed by atoms with Crippen molar-refractivity contribution in [1.82, 2.24) is 4.90 Å². The van der Waals surface area contributed by atoms with Crippen LogP contribution in [0.2, 0.25) is 5.02 Å². The molecule has 1 aromatic carbocycles. The average molecular weight is 227 g/mol. The zero-order chi connectivity index (χ0) is 11.4. The molecule has 0 radical (unpaired) electrons. The lowest BCUT2D eigenvalue weighted by molar-refractivity contribution is 0.397. The Morgan fingerprint density at radius 2 is 2.20 bits per heavy atom. The van der Waals surface area contributed by atoms with Gasteiger partial charge in [0.15, 0.2) is 0 Å². The first-order valence-corrected chi connectivity index (χ1v) is 4.95. The summed E-state index contributed by atoms with van der Waals surface area (Å²) < 4.78 is 0. The second-order valence-corrected chi connectivity index (χ2v) is 3.77. The molecule has 1 rings (SSSR count). The molecule has 5 heteroatoms. The molecular formula is C10H15ClN4. The molecule has 4 nitrogen and oxygen atoms in total. The molecule has 0 saturated carbocycles. The molecule has 0 spiro atoms. The van der Waals surface area contributed by atoms with Gasteiger partial charge in [0.05, 0.1) is 6.04 Å². The summed E-state index contributed by atoms with van der Waals surface area (Å²) >= 11 is 5.90. The number of hydrogen-bond acceptors (Lipinski definition) is 2. The van der Waals surface area contributed by atoms with Crippen molar-refractivity contribution in [2.24, 2.45) is 16.7 Å². The van der Waals surface area contributed by atoms with E-state index in [0.29, 0.717) is 11.0 Å². The molecule has 0 saturated heterocycles. The summed E-state index contributed by atoms with van der Waals surface area (Å²) in [5.74, 6) is 5.41. The number of hydrazone groups is 1. The zero-order valence-electron chi connectivity index (χ0n) is 8.81. The third-order valence-corrected chi connectivity index (χ3v) is 2.64. The molecule has 15 heavy (non-hydrogen) atoms. The van der Waals surface area contributed by atoms with E-state index in [4.69, 9.17) is 23.2 Å². The minimum atomic E-state index is 0.0796. The van der Waals surface area contributed by atoms with Crippen LogP contribution >= 0.6 is 11.6 Å². The maximum absolute atomic E-state index is 5.90. The second-order valence-electron chi connectivity index (χ2n) is 3.33. The quantitative estimate of drug-likeness (QED) is 0.348. The number of benzene rings is 1. The third kappa shape index (κ3) is 2.76. The van der Waals surface area contributed by atoms with E-state index in [1.165, 1.54) is 0 Å². The van der Waals surface area contributed by atoms with Gasteiger partial charge in [0.1, 0.15) is 0 Å². The summed E-state index contributed by atoms with van der Waals surface area (Å²) in [5, 5.41) is 4.15. The molecule has 0 bridgehead atoms. The average Bonchev–Trinajstić information content (AvgIpc) is 2.26. The Morgan fingerprint density at radius 1 is 1.53 bits per heavy atom. The Bertz CT molecular complexity index is 364. The lowest BCUT2D eigenvalue weighted by Crippen LogP contribution is -2.36. The Morgan fingerprint density at radius 3 is 2.73 bits per heavy atom. The van der Waals surface area contributed by atoms with E-state index in [0.717, 1.165) is 5.56 Å². The van der Waals surface area contributed by atoms with Gasteiger partial charge in [0, 0.05) is 12.1 Å². The van der Waals surface area contributed by atoms with Crippen molar-refractivity contribution in [2.75, 3.05) is 7.05 Å². The van der Waals surface area contributed by atoms with Crippen LogP contribution < -0.4 is 11.6 Å². The van der Waals surface area contributed by atoms with Crippen molar-refractivity contribution >= 4 is 17.6 Å². The minimum Gasteiger partial charge on any atom is -0.368 e. The molecule has 4 N–H and O–H groups in total. The number of nitrogens with two attached hydrogens (primary N) is 2. The largest absolute Gasteiger partial charge is 0.368 e. The first-order valence-electron chi connectivity index (χ1n) is 4.58. The molecule has 0 amide bonds. The maximum atomic E-state index is 5.90. The highest BCUT2D eigenvalue weighted by molar-refractivity contribution is 6.30. The van der Waals surface area contributed by atoms with Crippen molar-refractivity contribution in [3.8, 4) is 0 Å². The predicted octanol–water partition coefficient (Wildman–Crippen LogP) is 1.52. The summed E-state index contributed by atoms with van der Waals surface area (Å²) in [4.78, 5) is 1.78. The standard InChI is InChI=1S/C10H15ClN4/c1-7(15(2)10(12)14-13)8-4-3-5-9(11)6-8/h3-7H,13H2,1-2H3,(H2,12,14). The van der Waals surface area contributed by atoms with E-state index >= 15 is 0 Å². The molecule has 1 unspecified atom stereocenters. The fraction of sp³-hybridized carbons (Fsp3) is 0.300. The van der Waals surface area contributed by atoms with E-state index in [-0.39, 0.29) is 6.04 Å². The van der Waals surface area contributed by atoms with Crippen LogP contribution in [0.5, 0.6) is 0 Å². The molecular weight excluding hydrogens is 212 g/mol. The molecule has 0 aliphatic heterocycles. The van der Waals surface area contributed by atoms with Crippen LogP contribution in [0.15, 0.2) is 29.4 Å². The third-order valence-electron chi connectivity index (χ3n) is 2.41. The monoisotopic (exact) mass is 226 g/mol. The molecule has 0 heterocycles. The van der Waals surface area contributed by atoms with Gasteiger partial charge in [-0.1, -0.05) is 23.7 Å². The number of halogens is 1. The highest BCUT2D eigenvalue weighted by Gasteiger charge is 2.13. The van der Waals surface area contributed by atoms with Crippen LogP contribution in [0.25, 0.3) is 0 Å². The van der Waals surface area contributed by atoms with Gasteiger partial charge < -0.3 is 16.5 Å². The van der Waals surface area contributed by atoms with Crippen LogP contribution in [-0.4, -0.2) is 17.9 Å². The van der Waals surface area contributed by atoms with Crippen LogP contribution in [0.1, 0.15) is 18.5 Å². The molecule has 0 aromatic heterocycles. The van der Waals surface area contributed by atoms with Gasteiger partial charge in [0.25, 0.3) is 0 Å². The SMILES string of the molecule is CC(c1cccc(Cl)c1)N(C)C(N)=NN. The van der Waals surface area contributed by atoms with Gasteiger partial charge in [-0.3, -0.25) is 0 Å². The predicted molar refractivity (Wildman–Crippen MR) is 63.4 cm³/mol. The van der Waals surface area contributed by atoms with Gasteiger partial charge in [0.2, 0.25) is 5.96 Å². The molecule has 1 aromatic rings. The zero-order valence-corrected chi connectivity index (χ0v) is 9.57. The molecule has 0 fully saturated rings. The van der Waals surface area contributed by atoms with Crippen molar-refractivity contribution in [1.29, 1.82) is 0 Å². The van der Waals surface area contributed by atoms with Crippen molar-refractivity contribution in [2.45, 2.75) is 13.0 Å². The van der Waals surface area contributed by atoms with Gasteiger partial charge in [-0.15, -0.1) is 5.10 Å². The van der Waals surface area contributed by atoms with Crippen LogP contribution in [0.3, 0.4) is 0 Å². The molecule has 0 aliphatic carbocycles. The van der Waals surface area contributed by atoms with Crippen LogP contribution in [0.4, 0.5) is 0 Å². The highest BCUT2D eigenvalue weighted by Crippen LogP contribution is 2.21. The summed E-state index contributed by atoms with van der Waals surface area (Å²) in [7, 11) is 1.83. The molecule has 0 aliphatic rings. The highest BCUT2D eigenvalue weighted by atomic mass is 35.5. The Hall–Kier alpha value is -1.42. The van der Waals surface area contributed by atoms with Gasteiger partial charge in [-0.25, -0.2) is 0 Å². The number of rotatable bonds is 2. The van der Waals surface area contributed by atoms with Gasteiger partial charge in [-0.05, 0) is 24.6 Å². The Kier molecular flexibility index (Phi) is 3.80. The summed E-state index contributed by atoms with van der Waals surface area (Å²) in [6, 6.07) is 7.69. The molecule has 1 atom stereocenters. The summed E-state index contributed by atoms with van der Waals surface area (Å²) in [5.41, 5.74) is 6.68. The maximum Gasteiger partial charge on any atom is 0.213 e. The van der Waals surface area contributed by atoms with E-state index in [1.807, 2.05) is 38.2 Å². The molecule has 82 valence electrons. The fourth-order valence-electron chi connectivity index (χ4n) is 1.28. The first-order chi connectivity index (χ1) is 7.06. The normalized spacial score (nSPS) is 13.7.